The molecule has 3 amide bonds. The van der Waals surface area contributed by atoms with Gasteiger partial charge in [-0.15, -0.1) is 0 Å². The average Bonchev–Trinajstić information content (AvgIpc) is 2.98. The van der Waals surface area contributed by atoms with E-state index in [2.05, 4.69) is 6.07 Å². The smallest absolute Gasteiger partial charge is 0.410 e. The van der Waals surface area contributed by atoms with Crippen LogP contribution in [0, 0.1) is 11.3 Å². The zero-order valence-electron chi connectivity index (χ0n) is 21.7. The molecule has 9 heteroatoms. The molecule has 0 saturated heterocycles. The lowest BCUT2D eigenvalue weighted by molar-refractivity contribution is -0.137. The van der Waals surface area contributed by atoms with Crippen LogP contribution < -0.4 is 9.64 Å². The standard InChI is InChI=1S/C32H22F3N3O3/c1-21-29(28-13-6-5-12-27(28)23-16-14-22(19-36)15-17-23)20-37(31(40)41-26-10-3-2-4-11-26)30(39)38(21)25-9-7-8-24(18-25)32(33,34)35/h2-18H,20H2,1H3. The first-order valence-corrected chi connectivity index (χ1v) is 12.5. The third kappa shape index (κ3) is 5.54. The van der Waals surface area contributed by atoms with E-state index >= 15 is 0 Å². The number of para-hydroxylation sites is 1. The lowest BCUT2D eigenvalue weighted by Crippen LogP contribution is -2.51. The van der Waals surface area contributed by atoms with Crippen LogP contribution in [0.25, 0.3) is 16.7 Å². The number of halogens is 3. The predicted octanol–water partition coefficient (Wildman–Crippen LogP) is 8.12. The van der Waals surface area contributed by atoms with Gasteiger partial charge in [-0.05, 0) is 71.7 Å². The average molecular weight is 554 g/mol. The van der Waals surface area contributed by atoms with E-state index in [-0.39, 0.29) is 18.0 Å². The van der Waals surface area contributed by atoms with Gasteiger partial charge in [-0.25, -0.2) is 14.5 Å². The Hall–Kier alpha value is -5.36. The maximum atomic E-state index is 13.7. The fraction of sp³-hybridized carbons (Fsp3) is 0.0938. The Morgan fingerprint density at radius 3 is 2.20 bits per heavy atom. The predicted molar refractivity (Wildman–Crippen MR) is 148 cm³/mol. The SMILES string of the molecule is CC1=C(c2ccccc2-c2ccc(C#N)cc2)CN(C(=O)Oc2ccccc2)C(=O)N1c1cccc(C(F)(F)F)c1. The Morgan fingerprint density at radius 1 is 0.878 bits per heavy atom. The topological polar surface area (TPSA) is 73.6 Å². The molecule has 41 heavy (non-hydrogen) atoms. The molecule has 6 nitrogen and oxygen atoms in total. The fourth-order valence-corrected chi connectivity index (χ4v) is 4.65. The summed E-state index contributed by atoms with van der Waals surface area (Å²) < 4.78 is 46.2. The van der Waals surface area contributed by atoms with Crippen molar-refractivity contribution in [2.24, 2.45) is 0 Å². The highest BCUT2D eigenvalue weighted by atomic mass is 19.4. The molecule has 0 aromatic heterocycles. The number of urea groups is 1. The van der Waals surface area contributed by atoms with Crippen molar-refractivity contribution in [1.29, 1.82) is 5.26 Å². The van der Waals surface area contributed by atoms with Crippen molar-refractivity contribution in [3.8, 4) is 22.9 Å². The van der Waals surface area contributed by atoms with Crippen molar-refractivity contribution in [3.05, 3.63) is 126 Å². The van der Waals surface area contributed by atoms with Crippen molar-refractivity contribution >= 4 is 23.4 Å². The Morgan fingerprint density at radius 2 is 1.54 bits per heavy atom. The lowest BCUT2D eigenvalue weighted by Gasteiger charge is -2.37. The van der Waals surface area contributed by atoms with Crippen LogP contribution in [-0.2, 0) is 6.18 Å². The monoisotopic (exact) mass is 553 g/mol. The van der Waals surface area contributed by atoms with E-state index in [1.54, 1.807) is 67.6 Å². The quantitative estimate of drug-likeness (QED) is 0.256. The van der Waals surface area contributed by atoms with Gasteiger partial charge in [0, 0.05) is 5.70 Å². The molecular weight excluding hydrogens is 531 g/mol. The molecular formula is C32H22F3N3O3. The number of anilines is 1. The second kappa shape index (κ2) is 11.0. The van der Waals surface area contributed by atoms with Crippen LogP contribution in [0.4, 0.5) is 28.4 Å². The largest absolute Gasteiger partial charge is 0.423 e. The van der Waals surface area contributed by atoms with E-state index in [4.69, 9.17) is 4.74 Å². The number of amides is 3. The number of hydrogen-bond donors (Lipinski definition) is 0. The number of alkyl halides is 3. The van der Waals surface area contributed by atoms with E-state index in [0.717, 1.165) is 33.1 Å². The van der Waals surface area contributed by atoms with Crippen molar-refractivity contribution in [2.75, 3.05) is 11.4 Å². The summed E-state index contributed by atoms with van der Waals surface area (Å²) in [6.07, 6.45) is -5.61. The lowest BCUT2D eigenvalue weighted by atomic mass is 9.91. The normalized spacial score (nSPS) is 13.7. The zero-order valence-corrected chi connectivity index (χ0v) is 21.7. The molecule has 0 fully saturated rings. The molecule has 0 radical (unpaired) electrons. The Balaban J connectivity index is 1.65. The van der Waals surface area contributed by atoms with Gasteiger partial charge in [-0.3, -0.25) is 4.90 Å². The third-order valence-electron chi connectivity index (χ3n) is 6.69. The summed E-state index contributed by atoms with van der Waals surface area (Å²) in [4.78, 5) is 29.0. The number of rotatable bonds is 4. The van der Waals surface area contributed by atoms with Crippen LogP contribution in [0.15, 0.2) is 109 Å². The van der Waals surface area contributed by atoms with Crippen LogP contribution >= 0.6 is 0 Å². The van der Waals surface area contributed by atoms with Crippen molar-refractivity contribution in [3.63, 3.8) is 0 Å². The molecule has 1 heterocycles. The van der Waals surface area contributed by atoms with Crippen molar-refractivity contribution in [1.82, 2.24) is 4.90 Å². The van der Waals surface area contributed by atoms with Gasteiger partial charge >= 0.3 is 18.3 Å². The molecule has 0 atom stereocenters. The Bertz CT molecular complexity index is 1690. The van der Waals surface area contributed by atoms with E-state index in [1.807, 2.05) is 18.2 Å². The molecule has 0 spiro atoms. The van der Waals surface area contributed by atoms with E-state index in [9.17, 15) is 28.0 Å². The van der Waals surface area contributed by atoms with Gasteiger partial charge in [0.1, 0.15) is 5.75 Å². The van der Waals surface area contributed by atoms with Gasteiger partial charge in [0.2, 0.25) is 0 Å². The van der Waals surface area contributed by atoms with Crippen LogP contribution in [0.5, 0.6) is 5.75 Å². The first-order chi connectivity index (χ1) is 19.7. The highest BCUT2D eigenvalue weighted by Gasteiger charge is 2.38. The van der Waals surface area contributed by atoms with Gasteiger partial charge in [0.05, 0.1) is 29.4 Å². The molecule has 1 aliphatic heterocycles. The fourth-order valence-electron chi connectivity index (χ4n) is 4.65. The first-order valence-electron chi connectivity index (χ1n) is 12.5. The van der Waals surface area contributed by atoms with Gasteiger partial charge < -0.3 is 4.74 Å². The molecule has 4 aromatic carbocycles. The number of nitrogens with zero attached hydrogens (tertiary/aromatic N) is 3. The summed E-state index contributed by atoms with van der Waals surface area (Å²) in [7, 11) is 0. The van der Waals surface area contributed by atoms with Crippen LogP contribution in [0.3, 0.4) is 0 Å². The summed E-state index contributed by atoms with van der Waals surface area (Å²) in [6, 6.07) is 28.0. The number of imide groups is 1. The second-order valence-corrected chi connectivity index (χ2v) is 9.23. The van der Waals surface area contributed by atoms with E-state index < -0.39 is 23.9 Å². The minimum Gasteiger partial charge on any atom is -0.410 e. The molecule has 0 bridgehead atoms. The Labute approximate surface area is 234 Å². The molecule has 0 N–H and O–H groups in total. The molecule has 5 rings (SSSR count). The van der Waals surface area contributed by atoms with Crippen LogP contribution in [0.1, 0.15) is 23.6 Å². The number of hydrogen-bond acceptors (Lipinski definition) is 4. The highest BCUT2D eigenvalue weighted by Crippen LogP contribution is 2.39. The highest BCUT2D eigenvalue weighted by molar-refractivity contribution is 6.08. The van der Waals surface area contributed by atoms with Gasteiger partial charge in [-0.2, -0.15) is 18.4 Å². The summed E-state index contributed by atoms with van der Waals surface area (Å²) in [5.41, 5.74) is 2.59. The first kappa shape index (κ1) is 27.2. The summed E-state index contributed by atoms with van der Waals surface area (Å²) in [5.74, 6) is 0.210. The van der Waals surface area contributed by atoms with Crippen molar-refractivity contribution < 1.29 is 27.5 Å². The minimum atomic E-state index is -4.64. The number of carbonyl (C=O) groups is 2. The maximum Gasteiger partial charge on any atom is 0.423 e. The zero-order chi connectivity index (χ0) is 29.1. The molecule has 4 aromatic rings. The van der Waals surface area contributed by atoms with Gasteiger partial charge in [0.15, 0.2) is 0 Å². The molecule has 0 unspecified atom stereocenters. The van der Waals surface area contributed by atoms with Crippen LogP contribution in [-0.4, -0.2) is 23.6 Å². The summed E-state index contributed by atoms with van der Waals surface area (Å²) >= 11 is 0. The molecule has 0 aliphatic carbocycles. The summed E-state index contributed by atoms with van der Waals surface area (Å²) in [5, 5.41) is 9.20. The van der Waals surface area contributed by atoms with Gasteiger partial charge in [0.25, 0.3) is 0 Å². The van der Waals surface area contributed by atoms with Gasteiger partial charge in [-0.1, -0.05) is 60.7 Å². The number of ether oxygens (including phenoxy) is 1. The third-order valence-corrected chi connectivity index (χ3v) is 6.69. The van der Waals surface area contributed by atoms with E-state index in [1.165, 1.54) is 12.1 Å². The number of carbonyl (C=O) groups excluding carboxylic acids is 2. The number of nitriles is 1. The van der Waals surface area contributed by atoms with Crippen molar-refractivity contribution in [2.45, 2.75) is 13.1 Å². The molecule has 204 valence electrons. The minimum absolute atomic E-state index is 0.0482. The van der Waals surface area contributed by atoms with Crippen LogP contribution in [0.2, 0.25) is 0 Å². The summed E-state index contributed by atoms with van der Waals surface area (Å²) in [6.45, 7) is 1.45. The van der Waals surface area contributed by atoms with E-state index in [0.29, 0.717) is 22.4 Å². The second-order valence-electron chi connectivity index (χ2n) is 9.23. The number of benzene rings is 4. The maximum absolute atomic E-state index is 13.7. The Kier molecular flexibility index (Phi) is 7.32. The molecule has 1 aliphatic rings. The molecule has 0 saturated carbocycles. The number of allylic oxidation sites excluding steroid dienone is 1.